The summed E-state index contributed by atoms with van der Waals surface area (Å²) in [6.45, 7) is 6.93. The lowest BCUT2D eigenvalue weighted by molar-refractivity contribution is 0.593. The van der Waals surface area contributed by atoms with E-state index in [-0.39, 0.29) is 5.41 Å². The molecule has 0 amide bonds. The summed E-state index contributed by atoms with van der Waals surface area (Å²) >= 11 is 0. The van der Waals surface area contributed by atoms with Crippen molar-refractivity contribution in [3.8, 4) is 55.9 Å². The number of imidazole rings is 2. The van der Waals surface area contributed by atoms with Crippen LogP contribution < -0.4 is 0 Å². The van der Waals surface area contributed by atoms with Crippen molar-refractivity contribution in [2.75, 3.05) is 0 Å². The van der Waals surface area contributed by atoms with Crippen LogP contribution in [0.4, 0.5) is 0 Å². The van der Waals surface area contributed by atoms with Gasteiger partial charge in [-0.15, -0.1) is 0 Å². The van der Waals surface area contributed by atoms with Crippen molar-refractivity contribution in [2.45, 2.75) is 26.2 Å². The standard InChI is InChI=1S/C48H38N4/c1-48(2,3)47-41(35-21-17-33(18-22-35)37-25-27-45-43(29-37)49-31-51(45)39-11-6-4-7-12-39)15-10-16-42(47)36-23-19-34(20-24-36)38-26-28-46-44(30-38)50-32-52(46)40-13-8-5-9-14-40/h4-32H,1-3H3. The molecule has 2 aromatic heterocycles. The number of aromatic nitrogens is 4. The molecule has 0 aliphatic rings. The molecule has 0 unspecified atom stereocenters. The molecule has 52 heavy (non-hydrogen) atoms. The lowest BCUT2D eigenvalue weighted by atomic mass is 9.77. The first kappa shape index (κ1) is 31.5. The molecule has 0 saturated carbocycles. The van der Waals surface area contributed by atoms with E-state index in [9.17, 15) is 0 Å². The van der Waals surface area contributed by atoms with E-state index in [2.05, 4.69) is 182 Å². The Labute approximate surface area is 304 Å². The summed E-state index contributed by atoms with van der Waals surface area (Å²) in [4.78, 5) is 9.46. The van der Waals surface area contributed by atoms with Gasteiger partial charge in [-0.2, -0.15) is 0 Å². The van der Waals surface area contributed by atoms with Crippen LogP contribution in [0.5, 0.6) is 0 Å². The zero-order chi connectivity index (χ0) is 35.2. The molecule has 7 aromatic carbocycles. The number of benzene rings is 7. The van der Waals surface area contributed by atoms with Crippen molar-refractivity contribution in [3.63, 3.8) is 0 Å². The Hall–Kier alpha value is -6.52. The second kappa shape index (κ2) is 12.7. The third-order valence-corrected chi connectivity index (χ3v) is 10.0. The van der Waals surface area contributed by atoms with Gasteiger partial charge in [0.2, 0.25) is 0 Å². The zero-order valence-electron chi connectivity index (χ0n) is 29.5. The van der Waals surface area contributed by atoms with Crippen LogP contribution in [0.2, 0.25) is 0 Å². The number of nitrogens with zero attached hydrogens (tertiary/aromatic N) is 4. The van der Waals surface area contributed by atoms with Crippen molar-refractivity contribution in [2.24, 2.45) is 0 Å². The highest BCUT2D eigenvalue weighted by atomic mass is 15.1. The van der Waals surface area contributed by atoms with Gasteiger partial charge in [-0.1, -0.05) is 136 Å². The van der Waals surface area contributed by atoms with Gasteiger partial charge in [0.25, 0.3) is 0 Å². The highest BCUT2D eigenvalue weighted by molar-refractivity contribution is 5.87. The molecule has 0 spiro atoms. The molecule has 4 heteroatoms. The first-order chi connectivity index (χ1) is 25.4. The first-order valence-corrected chi connectivity index (χ1v) is 17.8. The third kappa shape index (κ3) is 5.69. The molecule has 9 rings (SSSR count). The molecule has 9 aromatic rings. The van der Waals surface area contributed by atoms with Crippen LogP contribution in [0, 0.1) is 0 Å². The van der Waals surface area contributed by atoms with Crippen LogP contribution in [0.15, 0.2) is 176 Å². The van der Waals surface area contributed by atoms with Gasteiger partial charge in [0, 0.05) is 11.4 Å². The second-order valence-electron chi connectivity index (χ2n) is 14.4. The highest BCUT2D eigenvalue weighted by Crippen LogP contribution is 2.41. The van der Waals surface area contributed by atoms with Crippen LogP contribution in [0.1, 0.15) is 26.3 Å². The normalized spacial score (nSPS) is 11.8. The first-order valence-electron chi connectivity index (χ1n) is 17.8. The Morgan fingerprint density at radius 2 is 0.769 bits per heavy atom. The minimum absolute atomic E-state index is 0.0749. The van der Waals surface area contributed by atoms with E-state index < -0.39 is 0 Å². The average molecular weight is 671 g/mol. The summed E-state index contributed by atoms with van der Waals surface area (Å²) in [5, 5.41) is 0. The summed E-state index contributed by atoms with van der Waals surface area (Å²) in [5.74, 6) is 0. The summed E-state index contributed by atoms with van der Waals surface area (Å²) in [5.41, 5.74) is 17.3. The topological polar surface area (TPSA) is 35.6 Å². The minimum Gasteiger partial charge on any atom is -0.299 e. The Morgan fingerprint density at radius 3 is 1.17 bits per heavy atom. The Bertz CT molecular complexity index is 2500. The number of fused-ring (bicyclic) bond motifs is 2. The van der Waals surface area contributed by atoms with Gasteiger partial charge in [0.05, 0.1) is 22.1 Å². The predicted octanol–water partition coefficient (Wildman–Crippen LogP) is 12.3. The Kier molecular flexibility index (Phi) is 7.66. The van der Waals surface area contributed by atoms with Crippen molar-refractivity contribution < 1.29 is 0 Å². The fourth-order valence-electron chi connectivity index (χ4n) is 7.50. The van der Waals surface area contributed by atoms with Crippen LogP contribution >= 0.6 is 0 Å². The minimum atomic E-state index is -0.0749. The van der Waals surface area contributed by atoms with E-state index in [1.165, 1.54) is 38.9 Å². The van der Waals surface area contributed by atoms with Gasteiger partial charge >= 0.3 is 0 Å². The molecule has 0 bridgehead atoms. The molecule has 0 aliphatic heterocycles. The maximum atomic E-state index is 4.73. The number of para-hydroxylation sites is 2. The van der Waals surface area contributed by atoms with Gasteiger partial charge in [-0.3, -0.25) is 9.13 Å². The largest absolute Gasteiger partial charge is 0.299 e. The van der Waals surface area contributed by atoms with Crippen LogP contribution in [-0.2, 0) is 5.41 Å². The zero-order valence-corrected chi connectivity index (χ0v) is 29.5. The summed E-state index contributed by atoms with van der Waals surface area (Å²) < 4.78 is 4.27. The second-order valence-corrected chi connectivity index (χ2v) is 14.4. The predicted molar refractivity (Wildman–Crippen MR) is 216 cm³/mol. The van der Waals surface area contributed by atoms with Gasteiger partial charge in [0.15, 0.2) is 0 Å². The number of rotatable bonds is 6. The molecule has 0 saturated heterocycles. The Balaban J connectivity index is 1.01. The summed E-state index contributed by atoms with van der Waals surface area (Å²) in [7, 11) is 0. The highest BCUT2D eigenvalue weighted by Gasteiger charge is 2.23. The van der Waals surface area contributed by atoms with Crippen molar-refractivity contribution >= 4 is 22.1 Å². The molecule has 0 atom stereocenters. The van der Waals surface area contributed by atoms with E-state index in [0.29, 0.717) is 0 Å². The smallest absolute Gasteiger partial charge is 0.100 e. The van der Waals surface area contributed by atoms with E-state index >= 15 is 0 Å². The maximum absolute atomic E-state index is 4.73. The van der Waals surface area contributed by atoms with Crippen molar-refractivity contribution in [3.05, 3.63) is 182 Å². The summed E-state index contributed by atoms with van der Waals surface area (Å²) in [6.07, 6.45) is 3.81. The quantitative estimate of drug-likeness (QED) is 0.176. The van der Waals surface area contributed by atoms with Crippen LogP contribution in [-0.4, -0.2) is 19.1 Å². The Morgan fingerprint density at radius 1 is 0.385 bits per heavy atom. The third-order valence-electron chi connectivity index (χ3n) is 10.0. The van der Waals surface area contributed by atoms with Crippen molar-refractivity contribution in [1.29, 1.82) is 0 Å². The molecule has 4 nitrogen and oxygen atoms in total. The lowest BCUT2D eigenvalue weighted by Gasteiger charge is -2.27. The van der Waals surface area contributed by atoms with Crippen molar-refractivity contribution in [1.82, 2.24) is 19.1 Å². The molecule has 2 heterocycles. The van der Waals surface area contributed by atoms with Gasteiger partial charge in [-0.05, 0) is 104 Å². The number of hydrogen-bond acceptors (Lipinski definition) is 2. The lowest BCUT2D eigenvalue weighted by Crippen LogP contribution is -2.14. The molecule has 0 N–H and O–H groups in total. The molecule has 0 radical (unpaired) electrons. The molecule has 250 valence electrons. The SMILES string of the molecule is CC(C)(C)c1c(-c2ccc(-c3ccc4c(c3)ncn4-c3ccccc3)cc2)cccc1-c1ccc(-c2ccc3c(c2)ncn3-c2ccccc2)cc1. The maximum Gasteiger partial charge on any atom is 0.100 e. The van der Waals surface area contributed by atoms with E-state index in [4.69, 9.17) is 9.97 Å². The monoisotopic (exact) mass is 670 g/mol. The van der Waals surface area contributed by atoms with E-state index in [1.54, 1.807) is 0 Å². The summed E-state index contributed by atoms with van der Waals surface area (Å²) in [6, 6.07) is 58.5. The number of hydrogen-bond donors (Lipinski definition) is 0. The van der Waals surface area contributed by atoms with E-state index in [1.807, 2.05) is 24.8 Å². The molecular formula is C48H38N4. The molecular weight excluding hydrogens is 633 g/mol. The molecule has 0 aliphatic carbocycles. The van der Waals surface area contributed by atoms with E-state index in [0.717, 1.165) is 44.6 Å². The fraction of sp³-hybridized carbons (Fsp3) is 0.0833. The van der Waals surface area contributed by atoms with Crippen LogP contribution in [0.3, 0.4) is 0 Å². The average Bonchev–Trinajstić information content (AvgIpc) is 3.82. The van der Waals surface area contributed by atoms with Gasteiger partial charge in [-0.25, -0.2) is 9.97 Å². The molecule has 0 fully saturated rings. The van der Waals surface area contributed by atoms with Crippen LogP contribution in [0.25, 0.3) is 77.9 Å². The van der Waals surface area contributed by atoms with Gasteiger partial charge < -0.3 is 0 Å². The fourth-order valence-corrected chi connectivity index (χ4v) is 7.50. The van der Waals surface area contributed by atoms with Gasteiger partial charge in [0.1, 0.15) is 12.7 Å².